The molecule has 2 N–H and O–H groups in total. The first-order valence-electron chi connectivity index (χ1n) is 15.1. The van der Waals surface area contributed by atoms with Crippen LogP contribution in [0.2, 0.25) is 0 Å². The molecule has 2 unspecified atom stereocenters. The first-order valence-corrected chi connectivity index (χ1v) is 15.1. The molecule has 1 saturated carbocycles. The first-order chi connectivity index (χ1) is 18.7. The Morgan fingerprint density at radius 2 is 1.85 bits per heavy atom. The second-order valence-corrected chi connectivity index (χ2v) is 11.8. The van der Waals surface area contributed by atoms with Crippen molar-refractivity contribution in [2.45, 2.75) is 59.8 Å². The second-order valence-electron chi connectivity index (χ2n) is 11.8. The van der Waals surface area contributed by atoms with Gasteiger partial charge in [-0.1, -0.05) is 69.0 Å². The molecule has 4 heteroatoms. The number of anilines is 1. The quantitative estimate of drug-likeness (QED) is 0.237. The molecule has 0 amide bonds. The molecule has 2 fully saturated rings. The predicted octanol–water partition coefficient (Wildman–Crippen LogP) is 7.57. The number of hydrogen-bond donors (Lipinski definition) is 1. The molecule has 4 nitrogen and oxygen atoms in total. The zero-order valence-corrected chi connectivity index (χ0v) is 25.5. The number of nitrogens with two attached hydrogens (primary N) is 1. The summed E-state index contributed by atoms with van der Waals surface area (Å²) in [6.07, 6.45) is 12.2. The van der Waals surface area contributed by atoms with Crippen LogP contribution in [-0.4, -0.2) is 56.1 Å². The average Bonchev–Trinajstić information content (AvgIpc) is 3.56. The van der Waals surface area contributed by atoms with Crippen LogP contribution in [-0.2, 0) is 0 Å². The van der Waals surface area contributed by atoms with Gasteiger partial charge in [0.05, 0.1) is 0 Å². The number of allylic oxidation sites excluding steroid dienone is 3. The van der Waals surface area contributed by atoms with E-state index in [4.69, 9.17) is 5.73 Å². The zero-order chi connectivity index (χ0) is 28.5. The largest absolute Gasteiger partial charge is 0.374 e. The van der Waals surface area contributed by atoms with Crippen LogP contribution in [0.15, 0.2) is 67.3 Å². The van der Waals surface area contributed by atoms with E-state index in [2.05, 4.69) is 93.5 Å². The number of likely N-dealkylation sites (tertiary alicyclic amines) is 1. The third-order valence-corrected chi connectivity index (χ3v) is 9.14. The Morgan fingerprint density at radius 3 is 2.44 bits per heavy atom. The smallest absolute Gasteiger partial charge is 0.0464 e. The van der Waals surface area contributed by atoms with Crippen LogP contribution in [0.25, 0.3) is 11.4 Å². The Kier molecular flexibility index (Phi) is 11.5. The molecule has 1 aliphatic heterocycles. The highest BCUT2D eigenvalue weighted by Crippen LogP contribution is 2.41. The van der Waals surface area contributed by atoms with E-state index in [1.165, 1.54) is 66.0 Å². The maximum atomic E-state index is 5.99. The van der Waals surface area contributed by atoms with E-state index in [-0.39, 0.29) is 0 Å². The van der Waals surface area contributed by atoms with Crippen LogP contribution >= 0.6 is 0 Å². The van der Waals surface area contributed by atoms with E-state index < -0.39 is 0 Å². The van der Waals surface area contributed by atoms with E-state index in [0.717, 1.165) is 50.0 Å². The maximum Gasteiger partial charge on any atom is 0.0464 e. The molecule has 1 aliphatic carbocycles. The van der Waals surface area contributed by atoms with Gasteiger partial charge in [-0.25, -0.2) is 0 Å². The van der Waals surface area contributed by atoms with Crippen molar-refractivity contribution in [3.8, 4) is 0 Å². The summed E-state index contributed by atoms with van der Waals surface area (Å²) in [7, 11) is 2.18. The van der Waals surface area contributed by atoms with Crippen LogP contribution in [0.4, 0.5) is 5.69 Å². The number of fused-ring (bicyclic) bond motifs is 1. The van der Waals surface area contributed by atoms with Crippen molar-refractivity contribution in [1.29, 1.82) is 0 Å². The minimum atomic E-state index is 0.542. The lowest BCUT2D eigenvalue weighted by atomic mass is 9.97. The van der Waals surface area contributed by atoms with E-state index >= 15 is 0 Å². The summed E-state index contributed by atoms with van der Waals surface area (Å²) in [5.74, 6) is 2.27. The molecule has 0 bridgehead atoms. The van der Waals surface area contributed by atoms with Crippen LogP contribution in [0, 0.1) is 17.8 Å². The molecule has 3 rings (SSSR count). The number of rotatable bonds is 15. The Labute approximate surface area is 239 Å². The molecule has 0 radical (unpaired) electrons. The summed E-state index contributed by atoms with van der Waals surface area (Å²) < 4.78 is 0. The number of benzene rings is 1. The van der Waals surface area contributed by atoms with Crippen molar-refractivity contribution in [3.05, 3.63) is 78.4 Å². The van der Waals surface area contributed by atoms with E-state index in [9.17, 15) is 0 Å². The Hall–Kier alpha value is -2.72. The van der Waals surface area contributed by atoms with Crippen LogP contribution in [0.1, 0.15) is 70.9 Å². The Balaban J connectivity index is 1.72. The van der Waals surface area contributed by atoms with Gasteiger partial charge in [0.25, 0.3) is 0 Å². The Morgan fingerprint density at radius 1 is 1.15 bits per heavy atom. The lowest BCUT2D eigenvalue weighted by Gasteiger charge is -2.32. The average molecular weight is 531 g/mol. The lowest BCUT2D eigenvalue weighted by Crippen LogP contribution is -2.28. The van der Waals surface area contributed by atoms with Gasteiger partial charge >= 0.3 is 0 Å². The topological polar surface area (TPSA) is 35.7 Å². The molecule has 1 aromatic carbocycles. The summed E-state index contributed by atoms with van der Waals surface area (Å²) >= 11 is 0. The van der Waals surface area contributed by atoms with Gasteiger partial charge in [0.15, 0.2) is 0 Å². The summed E-state index contributed by atoms with van der Waals surface area (Å²) in [6.45, 7) is 27.7. The SMILES string of the molecule is C=C/C=C\C(CN)=C(/C)CC[C@H](C)CN(CC)C(=C)c1ccc(C(=C)N2CC3CCCC3C2)cc1N(C)CC. The van der Waals surface area contributed by atoms with Gasteiger partial charge in [-0.05, 0) is 81.4 Å². The summed E-state index contributed by atoms with van der Waals surface area (Å²) in [5, 5.41) is 0. The standard InChI is InChI=1S/C35H54N4/c1-9-12-14-31(22-36)27(5)18-17-26(4)23-38(11-3)29(7)34-20-19-30(21-35(34)37(8)10-2)28(6)39-24-32-15-13-16-33(32)25-39/h9,12,14,19-21,26,32-33H,1,6-7,10-11,13,15-18,22-25,36H2,2-5,8H3/b14-12-,31-27-/t26-,32?,33?/m0/s1. The fourth-order valence-electron chi connectivity index (χ4n) is 6.34. The molecule has 1 saturated heterocycles. The van der Waals surface area contributed by atoms with Crippen LogP contribution in [0.5, 0.6) is 0 Å². The molecular weight excluding hydrogens is 476 g/mol. The van der Waals surface area contributed by atoms with Crippen molar-refractivity contribution >= 4 is 17.1 Å². The molecule has 0 spiro atoms. The van der Waals surface area contributed by atoms with Gasteiger partial charge in [0.1, 0.15) is 0 Å². The molecule has 39 heavy (non-hydrogen) atoms. The molecular formula is C35H54N4. The minimum absolute atomic E-state index is 0.542. The third kappa shape index (κ3) is 7.69. The van der Waals surface area contributed by atoms with Gasteiger partial charge in [-0.15, -0.1) is 0 Å². The Bertz CT molecular complexity index is 1050. The summed E-state index contributed by atoms with van der Waals surface area (Å²) in [5.41, 5.74) is 14.6. The zero-order valence-electron chi connectivity index (χ0n) is 25.5. The van der Waals surface area contributed by atoms with E-state index in [0.29, 0.717) is 12.5 Å². The fourth-order valence-corrected chi connectivity index (χ4v) is 6.34. The van der Waals surface area contributed by atoms with Crippen molar-refractivity contribution in [1.82, 2.24) is 9.80 Å². The highest BCUT2D eigenvalue weighted by molar-refractivity contribution is 5.78. The van der Waals surface area contributed by atoms with Gasteiger partial charge in [-0.3, -0.25) is 0 Å². The minimum Gasteiger partial charge on any atom is -0.374 e. The van der Waals surface area contributed by atoms with Crippen LogP contribution in [0.3, 0.4) is 0 Å². The van der Waals surface area contributed by atoms with Crippen LogP contribution < -0.4 is 10.6 Å². The highest BCUT2D eigenvalue weighted by atomic mass is 15.2. The molecule has 2 aliphatic rings. The van der Waals surface area contributed by atoms with Gasteiger partial charge < -0.3 is 20.4 Å². The summed E-state index contributed by atoms with van der Waals surface area (Å²) in [4.78, 5) is 7.32. The van der Waals surface area contributed by atoms with Gasteiger partial charge in [-0.2, -0.15) is 0 Å². The number of nitrogens with zero attached hydrogens (tertiary/aromatic N) is 3. The van der Waals surface area contributed by atoms with E-state index in [1.807, 2.05) is 6.08 Å². The normalized spacial score (nSPS) is 20.1. The van der Waals surface area contributed by atoms with Gasteiger partial charge in [0.2, 0.25) is 0 Å². The van der Waals surface area contributed by atoms with Crippen molar-refractivity contribution in [2.75, 3.05) is 51.2 Å². The third-order valence-electron chi connectivity index (χ3n) is 9.14. The van der Waals surface area contributed by atoms with E-state index in [1.54, 1.807) is 6.08 Å². The highest BCUT2D eigenvalue weighted by Gasteiger charge is 2.36. The second kappa shape index (κ2) is 14.6. The summed E-state index contributed by atoms with van der Waals surface area (Å²) in [6, 6.07) is 6.89. The predicted molar refractivity (Wildman–Crippen MR) is 173 cm³/mol. The molecule has 1 aromatic rings. The number of hydrogen-bond acceptors (Lipinski definition) is 4. The lowest BCUT2D eigenvalue weighted by molar-refractivity contribution is 0.337. The fraction of sp³-hybridized carbons (Fsp3) is 0.543. The van der Waals surface area contributed by atoms with Crippen molar-refractivity contribution in [3.63, 3.8) is 0 Å². The van der Waals surface area contributed by atoms with Crippen molar-refractivity contribution in [2.24, 2.45) is 23.5 Å². The monoisotopic (exact) mass is 530 g/mol. The first kappa shape index (κ1) is 30.8. The molecule has 0 aromatic heterocycles. The molecule has 1 heterocycles. The molecule has 214 valence electrons. The molecule has 3 atom stereocenters. The van der Waals surface area contributed by atoms with Gasteiger partial charge in [0, 0.05) is 69.0 Å². The van der Waals surface area contributed by atoms with Crippen molar-refractivity contribution < 1.29 is 0 Å². The maximum absolute atomic E-state index is 5.99.